The SMILES string of the molecule is COc1cc([CH][CH]c2c(O)cc(O)cc2O)ccc1O. The fourth-order valence-corrected chi connectivity index (χ4v) is 1.76. The van der Waals surface area contributed by atoms with Crippen molar-refractivity contribution in [1.82, 2.24) is 0 Å². The number of benzene rings is 2. The zero-order valence-corrected chi connectivity index (χ0v) is 10.7. The molecule has 0 aliphatic carbocycles. The average molecular weight is 274 g/mol. The van der Waals surface area contributed by atoms with E-state index in [1.165, 1.54) is 19.6 Å². The third-order valence-electron chi connectivity index (χ3n) is 2.77. The Morgan fingerprint density at radius 1 is 0.850 bits per heavy atom. The highest BCUT2D eigenvalue weighted by atomic mass is 16.5. The van der Waals surface area contributed by atoms with Crippen LogP contribution in [0.25, 0.3) is 0 Å². The monoisotopic (exact) mass is 274 g/mol. The van der Waals surface area contributed by atoms with Gasteiger partial charge < -0.3 is 25.2 Å². The molecule has 0 atom stereocenters. The minimum atomic E-state index is -0.232. The van der Waals surface area contributed by atoms with Gasteiger partial charge in [-0.2, -0.15) is 0 Å². The van der Waals surface area contributed by atoms with E-state index < -0.39 is 0 Å². The van der Waals surface area contributed by atoms with Crippen LogP contribution in [0.5, 0.6) is 28.7 Å². The van der Waals surface area contributed by atoms with Gasteiger partial charge in [0.05, 0.1) is 7.11 Å². The first-order valence-electron chi connectivity index (χ1n) is 5.81. The molecule has 2 radical (unpaired) electrons. The first kappa shape index (κ1) is 13.9. The van der Waals surface area contributed by atoms with E-state index in [2.05, 4.69) is 0 Å². The maximum Gasteiger partial charge on any atom is 0.160 e. The number of aromatic hydroxyl groups is 4. The van der Waals surface area contributed by atoms with Crippen LogP contribution in [0.2, 0.25) is 0 Å². The summed E-state index contributed by atoms with van der Waals surface area (Å²) >= 11 is 0. The standard InChI is InChI=1S/C15H14O5/c1-20-15-6-9(3-5-12(15)17)2-4-11-13(18)7-10(16)8-14(11)19/h2-8,16-19H,1H3. The largest absolute Gasteiger partial charge is 0.508 e. The molecule has 0 unspecified atom stereocenters. The van der Waals surface area contributed by atoms with Crippen LogP contribution in [0.15, 0.2) is 30.3 Å². The van der Waals surface area contributed by atoms with Crippen LogP contribution in [0.3, 0.4) is 0 Å². The molecule has 0 aromatic heterocycles. The van der Waals surface area contributed by atoms with Gasteiger partial charge in [0.1, 0.15) is 17.2 Å². The number of methoxy groups -OCH3 is 1. The third kappa shape index (κ3) is 2.88. The third-order valence-corrected chi connectivity index (χ3v) is 2.77. The molecule has 0 amide bonds. The Bertz CT molecular complexity index is 599. The molecule has 20 heavy (non-hydrogen) atoms. The van der Waals surface area contributed by atoms with Gasteiger partial charge >= 0.3 is 0 Å². The Balaban J connectivity index is 2.17. The lowest BCUT2D eigenvalue weighted by Crippen LogP contribution is -1.90. The fraction of sp³-hybridized carbons (Fsp3) is 0.0667. The summed E-state index contributed by atoms with van der Waals surface area (Å²) in [6.45, 7) is 0. The Kier molecular flexibility index (Phi) is 3.89. The van der Waals surface area contributed by atoms with Gasteiger partial charge in [0.15, 0.2) is 11.5 Å². The Labute approximate surface area is 116 Å². The summed E-state index contributed by atoms with van der Waals surface area (Å²) in [6.07, 6.45) is 3.13. The van der Waals surface area contributed by atoms with E-state index in [1.54, 1.807) is 18.6 Å². The molecule has 2 aromatic carbocycles. The Morgan fingerprint density at radius 2 is 1.50 bits per heavy atom. The molecule has 0 spiro atoms. The summed E-state index contributed by atoms with van der Waals surface area (Å²) < 4.78 is 4.99. The maximum absolute atomic E-state index is 9.66. The summed E-state index contributed by atoms with van der Waals surface area (Å²) in [5.74, 6) is -0.330. The molecule has 0 fully saturated rings. The highest BCUT2D eigenvalue weighted by molar-refractivity contribution is 5.55. The molecule has 104 valence electrons. The second-order valence-electron chi connectivity index (χ2n) is 4.16. The highest BCUT2D eigenvalue weighted by Gasteiger charge is 2.11. The van der Waals surface area contributed by atoms with Gasteiger partial charge in [-0.15, -0.1) is 0 Å². The number of rotatable bonds is 4. The minimum absolute atomic E-state index is 0.0278. The van der Waals surface area contributed by atoms with Gasteiger partial charge in [0.25, 0.3) is 0 Å². The quantitative estimate of drug-likeness (QED) is 0.687. The molecule has 0 heterocycles. The molecule has 5 nitrogen and oxygen atoms in total. The minimum Gasteiger partial charge on any atom is -0.508 e. The van der Waals surface area contributed by atoms with E-state index in [1.807, 2.05) is 0 Å². The summed E-state index contributed by atoms with van der Waals surface area (Å²) in [5, 5.41) is 38.0. The van der Waals surface area contributed by atoms with Crippen LogP contribution in [-0.2, 0) is 0 Å². The van der Waals surface area contributed by atoms with Crippen LogP contribution in [-0.4, -0.2) is 27.5 Å². The van der Waals surface area contributed by atoms with Crippen molar-refractivity contribution in [2.45, 2.75) is 0 Å². The van der Waals surface area contributed by atoms with Crippen molar-refractivity contribution >= 4 is 0 Å². The highest BCUT2D eigenvalue weighted by Crippen LogP contribution is 2.35. The molecule has 0 saturated heterocycles. The van der Waals surface area contributed by atoms with Gasteiger partial charge in [-0.3, -0.25) is 0 Å². The van der Waals surface area contributed by atoms with Crippen LogP contribution >= 0.6 is 0 Å². The van der Waals surface area contributed by atoms with Crippen LogP contribution in [0.4, 0.5) is 0 Å². The molecule has 0 aliphatic rings. The first-order chi connectivity index (χ1) is 9.51. The summed E-state index contributed by atoms with van der Waals surface area (Å²) in [7, 11) is 1.44. The molecule has 0 bridgehead atoms. The number of phenols is 4. The van der Waals surface area contributed by atoms with Crippen molar-refractivity contribution in [1.29, 1.82) is 0 Å². The van der Waals surface area contributed by atoms with E-state index in [4.69, 9.17) is 4.74 Å². The Morgan fingerprint density at radius 3 is 2.10 bits per heavy atom. The van der Waals surface area contributed by atoms with E-state index in [0.717, 1.165) is 12.1 Å². The summed E-state index contributed by atoms with van der Waals surface area (Å²) in [6, 6.07) is 7.02. The smallest absolute Gasteiger partial charge is 0.160 e. The normalized spacial score (nSPS) is 10.4. The van der Waals surface area contributed by atoms with Crippen LogP contribution < -0.4 is 4.74 Å². The number of hydrogen-bond donors (Lipinski definition) is 4. The van der Waals surface area contributed by atoms with Crippen LogP contribution in [0.1, 0.15) is 11.1 Å². The van der Waals surface area contributed by atoms with Gasteiger partial charge in [0.2, 0.25) is 0 Å². The van der Waals surface area contributed by atoms with Crippen molar-refractivity contribution in [3.05, 3.63) is 54.3 Å². The first-order valence-corrected chi connectivity index (χ1v) is 5.81. The van der Waals surface area contributed by atoms with Crippen molar-refractivity contribution in [2.24, 2.45) is 0 Å². The lowest BCUT2D eigenvalue weighted by Gasteiger charge is -2.09. The second-order valence-corrected chi connectivity index (χ2v) is 4.16. The molecular formula is C15H14O5. The zero-order chi connectivity index (χ0) is 14.7. The van der Waals surface area contributed by atoms with E-state index in [0.29, 0.717) is 11.3 Å². The van der Waals surface area contributed by atoms with Crippen molar-refractivity contribution < 1.29 is 25.2 Å². The molecule has 0 aliphatic heterocycles. The maximum atomic E-state index is 9.66. The van der Waals surface area contributed by atoms with E-state index in [9.17, 15) is 20.4 Å². The van der Waals surface area contributed by atoms with E-state index in [-0.39, 0.29) is 28.6 Å². The van der Waals surface area contributed by atoms with Crippen molar-refractivity contribution in [2.75, 3.05) is 7.11 Å². The number of hydrogen-bond acceptors (Lipinski definition) is 5. The molecule has 4 N–H and O–H groups in total. The topological polar surface area (TPSA) is 90.2 Å². The van der Waals surface area contributed by atoms with E-state index >= 15 is 0 Å². The zero-order valence-electron chi connectivity index (χ0n) is 10.7. The summed E-state index contributed by atoms with van der Waals surface area (Å²) in [5.41, 5.74) is 0.904. The lowest BCUT2D eigenvalue weighted by molar-refractivity contribution is 0.373. The van der Waals surface area contributed by atoms with Gasteiger partial charge in [-0.05, 0) is 24.1 Å². The van der Waals surface area contributed by atoms with Gasteiger partial charge in [0, 0.05) is 24.1 Å². The predicted molar refractivity (Wildman–Crippen MR) is 72.9 cm³/mol. The van der Waals surface area contributed by atoms with Crippen molar-refractivity contribution in [3.8, 4) is 28.7 Å². The van der Waals surface area contributed by atoms with Crippen LogP contribution in [0, 0.1) is 12.8 Å². The molecule has 0 saturated carbocycles. The Hall–Kier alpha value is -2.56. The van der Waals surface area contributed by atoms with Gasteiger partial charge in [-0.1, -0.05) is 6.07 Å². The second kappa shape index (κ2) is 5.61. The molecule has 2 rings (SSSR count). The average Bonchev–Trinajstić information content (AvgIpc) is 2.39. The fourth-order valence-electron chi connectivity index (χ4n) is 1.76. The summed E-state index contributed by atoms with van der Waals surface area (Å²) in [4.78, 5) is 0. The lowest BCUT2D eigenvalue weighted by atomic mass is 10.0. The number of phenolic OH excluding ortho intramolecular Hbond substituents is 4. The van der Waals surface area contributed by atoms with Gasteiger partial charge in [-0.25, -0.2) is 0 Å². The number of ether oxygens (including phenoxy) is 1. The molecule has 5 heteroatoms. The molecular weight excluding hydrogens is 260 g/mol. The van der Waals surface area contributed by atoms with Crippen molar-refractivity contribution in [3.63, 3.8) is 0 Å². The predicted octanol–water partition coefficient (Wildman–Crippen LogP) is 2.32. The molecule has 2 aromatic rings.